The number of benzene rings is 2. The SMILES string of the molecule is CN(C(=O)Cc1ccc(Cl)c(Cl)c1)c1cccc2c1C[C@H]1NCC[C@@]23CCCC[C@@H]13. The molecule has 1 amide bonds. The number of hydrogen-bond donors (Lipinski definition) is 1. The fourth-order valence-electron chi connectivity index (χ4n) is 6.34. The van der Waals surface area contributed by atoms with Gasteiger partial charge in [0.2, 0.25) is 5.91 Å². The van der Waals surface area contributed by atoms with Crippen LogP contribution < -0.4 is 10.2 Å². The van der Waals surface area contributed by atoms with E-state index in [9.17, 15) is 4.79 Å². The topological polar surface area (TPSA) is 32.3 Å². The smallest absolute Gasteiger partial charge is 0.231 e. The van der Waals surface area contributed by atoms with Crippen molar-refractivity contribution in [3.63, 3.8) is 0 Å². The minimum atomic E-state index is 0.0724. The summed E-state index contributed by atoms with van der Waals surface area (Å²) >= 11 is 12.2. The first-order chi connectivity index (χ1) is 14.5. The van der Waals surface area contributed by atoms with E-state index in [1.165, 1.54) is 43.2 Å². The minimum absolute atomic E-state index is 0.0724. The number of rotatable bonds is 3. The van der Waals surface area contributed by atoms with E-state index in [1.807, 2.05) is 18.0 Å². The lowest BCUT2D eigenvalue weighted by Gasteiger charge is -2.56. The molecule has 2 aromatic rings. The highest BCUT2D eigenvalue weighted by Crippen LogP contribution is 2.55. The lowest BCUT2D eigenvalue weighted by atomic mass is 9.52. The first-order valence-corrected chi connectivity index (χ1v) is 11.8. The second kappa shape index (κ2) is 7.85. The molecule has 0 spiro atoms. The monoisotopic (exact) mass is 442 g/mol. The zero-order valence-electron chi connectivity index (χ0n) is 17.4. The Hall–Kier alpha value is -1.55. The molecule has 0 unspecified atom stereocenters. The molecule has 0 radical (unpaired) electrons. The molecule has 5 rings (SSSR count). The van der Waals surface area contributed by atoms with Crippen molar-refractivity contribution in [1.82, 2.24) is 5.32 Å². The molecule has 1 saturated carbocycles. The quantitative estimate of drug-likeness (QED) is 0.675. The Morgan fingerprint density at radius 2 is 2.03 bits per heavy atom. The molecular formula is C25H28Cl2N2O. The van der Waals surface area contributed by atoms with Crippen LogP contribution in [0, 0.1) is 5.92 Å². The molecule has 1 aliphatic heterocycles. The molecular weight excluding hydrogens is 415 g/mol. The third-order valence-electron chi connectivity index (χ3n) is 7.75. The number of halogens is 2. The third kappa shape index (κ3) is 3.26. The van der Waals surface area contributed by atoms with Gasteiger partial charge in [0.15, 0.2) is 0 Å². The van der Waals surface area contributed by atoms with Crippen LogP contribution in [-0.2, 0) is 23.1 Å². The van der Waals surface area contributed by atoms with Crippen molar-refractivity contribution in [2.75, 3.05) is 18.5 Å². The zero-order chi connectivity index (χ0) is 20.9. The molecule has 1 saturated heterocycles. The molecule has 1 N–H and O–H groups in total. The predicted octanol–water partition coefficient (Wildman–Crippen LogP) is 5.54. The highest BCUT2D eigenvalue weighted by Gasteiger charge is 2.51. The number of likely N-dealkylation sites (N-methyl/N-ethyl adjacent to an activating group) is 1. The Balaban J connectivity index is 1.47. The maximum atomic E-state index is 13.2. The van der Waals surface area contributed by atoms with Gasteiger partial charge in [-0.1, -0.05) is 54.2 Å². The fourth-order valence-corrected chi connectivity index (χ4v) is 6.66. The van der Waals surface area contributed by atoms with E-state index < -0.39 is 0 Å². The summed E-state index contributed by atoms with van der Waals surface area (Å²) in [5.41, 5.74) is 5.13. The van der Waals surface area contributed by atoms with Crippen molar-refractivity contribution in [2.45, 2.75) is 56.4 Å². The number of carbonyl (C=O) groups excluding carboxylic acids is 1. The van der Waals surface area contributed by atoms with E-state index in [1.54, 1.807) is 12.1 Å². The van der Waals surface area contributed by atoms with Crippen LogP contribution in [-0.4, -0.2) is 25.5 Å². The Labute approximate surface area is 188 Å². The summed E-state index contributed by atoms with van der Waals surface area (Å²) < 4.78 is 0. The maximum Gasteiger partial charge on any atom is 0.231 e. The number of nitrogens with one attached hydrogen (secondary N) is 1. The zero-order valence-corrected chi connectivity index (χ0v) is 18.9. The Morgan fingerprint density at radius 3 is 2.87 bits per heavy atom. The molecule has 2 aliphatic carbocycles. The van der Waals surface area contributed by atoms with Crippen LogP contribution in [0.4, 0.5) is 5.69 Å². The lowest BCUT2D eigenvalue weighted by molar-refractivity contribution is -0.117. The van der Waals surface area contributed by atoms with E-state index in [-0.39, 0.29) is 5.91 Å². The Morgan fingerprint density at radius 1 is 1.17 bits per heavy atom. The van der Waals surface area contributed by atoms with Crippen LogP contribution in [0.1, 0.15) is 48.8 Å². The molecule has 3 atom stereocenters. The summed E-state index contributed by atoms with van der Waals surface area (Å²) in [7, 11) is 1.91. The second-order valence-corrected chi connectivity index (χ2v) is 10.0. The normalized spacial score (nSPS) is 27.2. The minimum Gasteiger partial charge on any atom is -0.315 e. The van der Waals surface area contributed by atoms with Crippen LogP contribution in [0.2, 0.25) is 10.0 Å². The first-order valence-electron chi connectivity index (χ1n) is 11.1. The first kappa shape index (κ1) is 20.4. The van der Waals surface area contributed by atoms with Gasteiger partial charge in [-0.25, -0.2) is 0 Å². The molecule has 5 heteroatoms. The molecule has 1 heterocycles. The number of hydrogen-bond acceptors (Lipinski definition) is 2. The van der Waals surface area contributed by atoms with Crippen molar-refractivity contribution in [3.05, 3.63) is 63.1 Å². The van der Waals surface area contributed by atoms with Crippen LogP contribution in [0.25, 0.3) is 0 Å². The number of nitrogens with zero attached hydrogens (tertiary/aromatic N) is 1. The number of carbonyl (C=O) groups is 1. The van der Waals surface area contributed by atoms with Crippen molar-refractivity contribution in [1.29, 1.82) is 0 Å². The summed E-state index contributed by atoms with van der Waals surface area (Å²) in [4.78, 5) is 15.0. The van der Waals surface area contributed by atoms with Crippen molar-refractivity contribution in [2.24, 2.45) is 5.92 Å². The number of anilines is 1. The van der Waals surface area contributed by atoms with E-state index >= 15 is 0 Å². The molecule has 3 nitrogen and oxygen atoms in total. The van der Waals surface area contributed by atoms with Gasteiger partial charge in [-0.05, 0) is 73.0 Å². The van der Waals surface area contributed by atoms with Gasteiger partial charge in [0.25, 0.3) is 0 Å². The summed E-state index contributed by atoms with van der Waals surface area (Å²) in [5.74, 6) is 0.808. The lowest BCUT2D eigenvalue weighted by Crippen LogP contribution is -2.59. The predicted molar refractivity (Wildman–Crippen MR) is 124 cm³/mol. The van der Waals surface area contributed by atoms with E-state index in [2.05, 4.69) is 23.5 Å². The fraction of sp³-hybridized carbons (Fsp3) is 0.480. The molecule has 2 bridgehead atoms. The van der Waals surface area contributed by atoms with E-state index in [0.717, 1.165) is 30.1 Å². The standard InChI is InChI=1S/C25H28Cl2N2O/c1-29(24(30)14-16-8-9-20(26)21(27)13-16)23-7-4-6-18-17(23)15-22-19-5-2-3-10-25(18,19)11-12-28-22/h4,6-9,13,19,22,28H,2-3,5,10-12,14-15H2,1H3/t19-,22+,25-/m0/s1. The van der Waals surface area contributed by atoms with Crippen LogP contribution >= 0.6 is 23.2 Å². The molecule has 158 valence electrons. The molecule has 30 heavy (non-hydrogen) atoms. The number of piperidine rings is 1. The molecule has 3 aliphatic rings. The number of fused-ring (bicyclic) bond motifs is 1. The Bertz CT molecular complexity index is 987. The molecule has 2 fully saturated rings. The van der Waals surface area contributed by atoms with Gasteiger partial charge in [0.1, 0.15) is 0 Å². The Kier molecular flexibility index (Phi) is 5.33. The molecule has 0 aromatic heterocycles. The van der Waals surface area contributed by atoms with Crippen LogP contribution in [0.5, 0.6) is 0 Å². The van der Waals surface area contributed by atoms with E-state index in [0.29, 0.717) is 27.9 Å². The average molecular weight is 443 g/mol. The highest BCUT2D eigenvalue weighted by atomic mass is 35.5. The third-order valence-corrected chi connectivity index (χ3v) is 8.49. The van der Waals surface area contributed by atoms with E-state index in [4.69, 9.17) is 23.2 Å². The summed E-state index contributed by atoms with van der Waals surface area (Å²) in [6.45, 7) is 1.11. The van der Waals surface area contributed by atoms with Gasteiger partial charge in [0, 0.05) is 24.2 Å². The second-order valence-electron chi connectivity index (χ2n) is 9.20. The highest BCUT2D eigenvalue weighted by molar-refractivity contribution is 6.42. The molecule has 2 aromatic carbocycles. The maximum absolute atomic E-state index is 13.2. The van der Waals surface area contributed by atoms with Gasteiger partial charge in [0.05, 0.1) is 16.5 Å². The number of amides is 1. The average Bonchev–Trinajstić information content (AvgIpc) is 2.75. The van der Waals surface area contributed by atoms with Gasteiger partial charge in [-0.2, -0.15) is 0 Å². The van der Waals surface area contributed by atoms with Gasteiger partial charge < -0.3 is 10.2 Å². The summed E-state index contributed by atoms with van der Waals surface area (Å²) in [6.07, 6.45) is 7.82. The van der Waals surface area contributed by atoms with Gasteiger partial charge in [-0.15, -0.1) is 0 Å². The van der Waals surface area contributed by atoms with Crippen molar-refractivity contribution in [3.8, 4) is 0 Å². The summed E-state index contributed by atoms with van der Waals surface area (Å²) in [6, 6.07) is 12.6. The summed E-state index contributed by atoms with van der Waals surface area (Å²) in [5, 5.41) is 4.80. The van der Waals surface area contributed by atoms with Crippen molar-refractivity contribution >= 4 is 34.8 Å². The van der Waals surface area contributed by atoms with Gasteiger partial charge >= 0.3 is 0 Å². The van der Waals surface area contributed by atoms with Crippen LogP contribution in [0.3, 0.4) is 0 Å². The van der Waals surface area contributed by atoms with Gasteiger partial charge in [-0.3, -0.25) is 4.79 Å². The van der Waals surface area contributed by atoms with Crippen molar-refractivity contribution < 1.29 is 4.79 Å². The largest absolute Gasteiger partial charge is 0.315 e. The van der Waals surface area contributed by atoms with Crippen LogP contribution in [0.15, 0.2) is 36.4 Å².